The molecule has 0 fully saturated rings. The highest BCUT2D eigenvalue weighted by molar-refractivity contribution is 6.27. The van der Waals surface area contributed by atoms with Gasteiger partial charge in [-0.2, -0.15) is 0 Å². The number of unbranched alkanes of at least 4 members (excludes halogenated alkanes) is 2. The third-order valence-electron chi connectivity index (χ3n) is 3.11. The van der Waals surface area contributed by atoms with Gasteiger partial charge in [-0.3, -0.25) is 14.4 Å². The highest BCUT2D eigenvalue weighted by Gasteiger charge is 2.30. The minimum absolute atomic E-state index is 0.00204. The molecule has 0 aromatic rings. The van der Waals surface area contributed by atoms with Gasteiger partial charge in [-0.05, 0) is 12.8 Å². The molecule has 1 N–H and O–H groups in total. The number of halogens is 2. The Balaban J connectivity index is 4.32. The van der Waals surface area contributed by atoms with Crippen molar-refractivity contribution < 1.29 is 14.4 Å². The van der Waals surface area contributed by atoms with E-state index in [1.807, 2.05) is 20.8 Å². The van der Waals surface area contributed by atoms with Crippen LogP contribution in [0.4, 0.5) is 0 Å². The first-order chi connectivity index (χ1) is 9.72. The van der Waals surface area contributed by atoms with Crippen molar-refractivity contribution in [2.75, 3.05) is 11.8 Å². The smallest absolute Gasteiger partial charge is 0.235 e. The van der Waals surface area contributed by atoms with Crippen molar-refractivity contribution in [1.29, 1.82) is 0 Å². The van der Waals surface area contributed by atoms with Gasteiger partial charge in [0.1, 0.15) is 11.7 Å². The third kappa shape index (κ3) is 9.10. The molecule has 0 rings (SSSR count). The molecule has 0 aromatic heterocycles. The molecule has 4 nitrogen and oxygen atoms in total. The summed E-state index contributed by atoms with van der Waals surface area (Å²) in [6, 6.07) is -0.514. The highest BCUT2D eigenvalue weighted by Crippen LogP contribution is 2.20. The van der Waals surface area contributed by atoms with E-state index in [4.69, 9.17) is 23.2 Å². The summed E-state index contributed by atoms with van der Waals surface area (Å²) < 4.78 is 0. The van der Waals surface area contributed by atoms with Crippen molar-refractivity contribution in [2.45, 2.75) is 58.9 Å². The molecule has 0 unspecified atom stereocenters. The summed E-state index contributed by atoms with van der Waals surface area (Å²) in [5.74, 6) is -0.404. The van der Waals surface area contributed by atoms with E-state index in [1.54, 1.807) is 0 Å². The van der Waals surface area contributed by atoms with Crippen LogP contribution in [0.25, 0.3) is 0 Å². The lowest BCUT2D eigenvalue weighted by molar-refractivity contribution is -0.132. The largest absolute Gasteiger partial charge is 0.345 e. The molecule has 0 spiro atoms. The first-order valence-electron chi connectivity index (χ1n) is 7.19. The van der Waals surface area contributed by atoms with Crippen LogP contribution in [-0.4, -0.2) is 35.3 Å². The van der Waals surface area contributed by atoms with Crippen LogP contribution in [0.1, 0.15) is 52.9 Å². The zero-order valence-corrected chi connectivity index (χ0v) is 14.5. The zero-order valence-electron chi connectivity index (χ0n) is 13.0. The van der Waals surface area contributed by atoms with Gasteiger partial charge in [-0.15, -0.1) is 23.2 Å². The minimum Gasteiger partial charge on any atom is -0.345 e. The topological polar surface area (TPSA) is 63.2 Å². The maximum atomic E-state index is 12.3. The molecular formula is C15H25Cl2NO3. The van der Waals surface area contributed by atoms with Crippen LogP contribution in [0.5, 0.6) is 0 Å². The van der Waals surface area contributed by atoms with Gasteiger partial charge < -0.3 is 5.32 Å². The fourth-order valence-corrected chi connectivity index (χ4v) is 2.15. The number of amides is 1. The molecule has 0 aliphatic heterocycles. The van der Waals surface area contributed by atoms with Crippen LogP contribution in [0.2, 0.25) is 0 Å². The van der Waals surface area contributed by atoms with Crippen LogP contribution in [0.3, 0.4) is 0 Å². The van der Waals surface area contributed by atoms with Crippen molar-refractivity contribution in [3.63, 3.8) is 0 Å². The molecule has 0 radical (unpaired) electrons. The molecule has 0 bridgehead atoms. The quantitative estimate of drug-likeness (QED) is 0.492. The fraction of sp³-hybridized carbons (Fsp3) is 0.800. The average molecular weight is 338 g/mol. The van der Waals surface area contributed by atoms with Crippen molar-refractivity contribution >= 4 is 40.7 Å². The summed E-state index contributed by atoms with van der Waals surface area (Å²) in [6.45, 7) is 5.48. The second kappa shape index (κ2) is 10.2. The normalized spacial score (nSPS) is 12.8. The number of Topliss-reactive ketones (excluding diaryl/α,β-unsaturated/α-hetero) is 2. The van der Waals surface area contributed by atoms with E-state index >= 15 is 0 Å². The van der Waals surface area contributed by atoms with E-state index in [9.17, 15) is 14.4 Å². The number of alkyl halides is 2. The summed E-state index contributed by atoms with van der Waals surface area (Å²) in [7, 11) is 0. The lowest BCUT2D eigenvalue weighted by Gasteiger charge is -2.25. The highest BCUT2D eigenvalue weighted by atomic mass is 35.5. The molecule has 0 aromatic carbocycles. The van der Waals surface area contributed by atoms with Gasteiger partial charge in [-0.25, -0.2) is 0 Å². The molecule has 0 heterocycles. The Kier molecular flexibility index (Phi) is 9.88. The van der Waals surface area contributed by atoms with Gasteiger partial charge in [0.05, 0.1) is 11.9 Å². The minimum atomic E-state index is -0.515. The molecule has 0 aliphatic rings. The molecular weight excluding hydrogens is 313 g/mol. The Morgan fingerprint density at radius 2 is 1.62 bits per heavy atom. The van der Waals surface area contributed by atoms with Crippen molar-refractivity contribution in [3.05, 3.63) is 0 Å². The summed E-state index contributed by atoms with van der Waals surface area (Å²) in [6.07, 6.45) is 3.38. The number of rotatable bonds is 10. The Morgan fingerprint density at radius 3 is 2.10 bits per heavy atom. The number of hydrogen-bond acceptors (Lipinski definition) is 3. The number of carbonyl (C=O) groups is 3. The van der Waals surface area contributed by atoms with E-state index < -0.39 is 11.5 Å². The lowest BCUT2D eigenvalue weighted by Crippen LogP contribution is -2.46. The van der Waals surface area contributed by atoms with E-state index in [-0.39, 0.29) is 29.2 Å². The number of ketones is 2. The van der Waals surface area contributed by atoms with Gasteiger partial charge in [-0.1, -0.05) is 33.6 Å². The molecule has 1 amide bonds. The van der Waals surface area contributed by atoms with E-state index in [2.05, 4.69) is 5.32 Å². The Morgan fingerprint density at radius 1 is 1.00 bits per heavy atom. The van der Waals surface area contributed by atoms with Gasteiger partial charge in [0, 0.05) is 11.8 Å². The zero-order chi connectivity index (χ0) is 16.5. The van der Waals surface area contributed by atoms with E-state index in [1.165, 1.54) is 0 Å². The van der Waals surface area contributed by atoms with Gasteiger partial charge in [0.25, 0.3) is 0 Å². The average Bonchev–Trinajstić information content (AvgIpc) is 2.43. The number of nitrogens with one attached hydrogen (secondary N) is 1. The molecule has 122 valence electrons. The first-order valence-corrected chi connectivity index (χ1v) is 8.26. The first kappa shape index (κ1) is 20.4. The van der Waals surface area contributed by atoms with Gasteiger partial charge in [0.2, 0.25) is 5.91 Å². The molecule has 0 saturated carbocycles. The van der Waals surface area contributed by atoms with Crippen LogP contribution in [0, 0.1) is 5.41 Å². The standard InChI is InChI=1S/C15H25Cl2NO3/c1-15(2,3)14(21)12(18-13(20)10-17)8-6-4-5-7-11(19)9-16/h12H,4-10H2,1-3H3,(H,18,20)/t12-/m0/s1. The Bertz CT molecular complexity index is 364. The van der Waals surface area contributed by atoms with Crippen LogP contribution < -0.4 is 5.32 Å². The fourth-order valence-electron chi connectivity index (χ4n) is 1.94. The summed E-state index contributed by atoms with van der Waals surface area (Å²) in [5.41, 5.74) is -0.515. The predicted octanol–water partition coefficient (Wildman–Crippen LogP) is 3.08. The third-order valence-corrected chi connectivity index (χ3v) is 3.65. The number of carbonyl (C=O) groups excluding carboxylic acids is 3. The summed E-state index contributed by atoms with van der Waals surface area (Å²) in [4.78, 5) is 34.8. The van der Waals surface area contributed by atoms with Gasteiger partial charge in [0.15, 0.2) is 5.78 Å². The SMILES string of the molecule is CC(C)(C)C(=O)[C@H](CCCCCC(=O)CCl)NC(=O)CCl. The second-order valence-electron chi connectivity index (χ2n) is 6.14. The molecule has 21 heavy (non-hydrogen) atoms. The monoisotopic (exact) mass is 337 g/mol. The summed E-state index contributed by atoms with van der Waals surface area (Å²) >= 11 is 10.9. The van der Waals surface area contributed by atoms with E-state index in [0.717, 1.165) is 19.3 Å². The summed E-state index contributed by atoms with van der Waals surface area (Å²) in [5, 5.41) is 2.68. The Hall–Kier alpha value is -0.610. The molecule has 1 atom stereocenters. The van der Waals surface area contributed by atoms with Gasteiger partial charge >= 0.3 is 0 Å². The van der Waals surface area contributed by atoms with Crippen molar-refractivity contribution in [2.24, 2.45) is 5.41 Å². The predicted molar refractivity (Wildman–Crippen MR) is 85.9 cm³/mol. The second-order valence-corrected chi connectivity index (χ2v) is 6.67. The maximum absolute atomic E-state index is 12.3. The molecule has 0 aliphatic carbocycles. The maximum Gasteiger partial charge on any atom is 0.235 e. The van der Waals surface area contributed by atoms with Crippen molar-refractivity contribution in [1.82, 2.24) is 5.32 Å². The van der Waals surface area contributed by atoms with E-state index in [0.29, 0.717) is 12.8 Å². The molecule has 6 heteroatoms. The van der Waals surface area contributed by atoms with Crippen LogP contribution in [-0.2, 0) is 14.4 Å². The molecule has 0 saturated heterocycles. The van der Waals surface area contributed by atoms with Crippen molar-refractivity contribution in [3.8, 4) is 0 Å². The van der Waals surface area contributed by atoms with Crippen LogP contribution in [0.15, 0.2) is 0 Å². The lowest BCUT2D eigenvalue weighted by atomic mass is 9.84. The van der Waals surface area contributed by atoms with Crippen LogP contribution >= 0.6 is 23.2 Å². The number of hydrogen-bond donors (Lipinski definition) is 1. The Labute approximate surface area is 136 Å².